The quantitative estimate of drug-likeness (QED) is 0.888. The van der Waals surface area contributed by atoms with Gasteiger partial charge < -0.3 is 19.9 Å². The monoisotopic (exact) mass is 320 g/mol. The number of anilines is 1. The third-order valence-electron chi connectivity index (χ3n) is 4.44. The number of hydrogen-bond donors (Lipinski definition) is 2. The number of ether oxygens (including phenoxy) is 2. The first-order valence-corrected chi connectivity index (χ1v) is 8.08. The zero-order valence-corrected chi connectivity index (χ0v) is 13.8. The van der Waals surface area contributed by atoms with Gasteiger partial charge in [0.2, 0.25) is 5.85 Å². The van der Waals surface area contributed by atoms with Crippen LogP contribution in [0.2, 0.25) is 0 Å². The molecule has 1 aromatic rings. The third-order valence-corrected chi connectivity index (χ3v) is 4.44. The fraction of sp³-hybridized carbons (Fsp3) is 0.588. The summed E-state index contributed by atoms with van der Waals surface area (Å²) < 4.78 is 11.8. The lowest BCUT2D eigenvalue weighted by Gasteiger charge is -2.45. The lowest BCUT2D eigenvalue weighted by Crippen LogP contribution is -2.62. The molecule has 23 heavy (non-hydrogen) atoms. The molecule has 2 aliphatic rings. The summed E-state index contributed by atoms with van der Waals surface area (Å²) in [5.41, 5.74) is 0.789. The van der Waals surface area contributed by atoms with Crippen molar-refractivity contribution >= 4 is 11.7 Å². The van der Waals surface area contributed by atoms with E-state index in [1.807, 2.05) is 6.92 Å². The minimum absolute atomic E-state index is 0.236. The van der Waals surface area contributed by atoms with E-state index >= 15 is 0 Å². The normalized spacial score (nSPS) is 27.4. The maximum atomic E-state index is 11.4. The third kappa shape index (κ3) is 3.01. The molecular formula is C17H24N2O4. The van der Waals surface area contributed by atoms with Crippen molar-refractivity contribution in [2.45, 2.75) is 39.1 Å². The Bertz CT molecular complexity index is 604. The van der Waals surface area contributed by atoms with Gasteiger partial charge in [0, 0.05) is 19.5 Å². The number of carboxylic acids is 1. The van der Waals surface area contributed by atoms with Gasteiger partial charge in [0.15, 0.2) is 0 Å². The Morgan fingerprint density at radius 2 is 2.30 bits per heavy atom. The Hall–Kier alpha value is -1.79. The summed E-state index contributed by atoms with van der Waals surface area (Å²) in [4.78, 5) is 13.7. The first-order valence-electron chi connectivity index (χ1n) is 8.08. The number of carboxylic acid groups (broad SMARTS) is 1. The highest BCUT2D eigenvalue weighted by Crippen LogP contribution is 2.41. The predicted octanol–water partition coefficient (Wildman–Crippen LogP) is 2.61. The molecule has 1 aromatic carbocycles. The molecule has 0 amide bonds. The Kier molecular flexibility index (Phi) is 4.21. The summed E-state index contributed by atoms with van der Waals surface area (Å²) in [6.07, 6.45) is 1.00. The summed E-state index contributed by atoms with van der Waals surface area (Å²) in [6, 6.07) is 5.34. The van der Waals surface area contributed by atoms with Gasteiger partial charge >= 0.3 is 5.97 Å². The maximum Gasteiger partial charge on any atom is 0.337 e. The highest BCUT2D eigenvalue weighted by atomic mass is 16.5. The summed E-state index contributed by atoms with van der Waals surface area (Å²) in [7, 11) is 0. The SMILES string of the molecule is CC(C)CC1COCCN1[C@]1(C)Nc2c(cccc2C(=O)O)O1. The summed E-state index contributed by atoms with van der Waals surface area (Å²) in [5.74, 6) is -0.576. The molecule has 126 valence electrons. The number of rotatable bonds is 4. The zero-order valence-electron chi connectivity index (χ0n) is 13.8. The number of carbonyl (C=O) groups is 1. The number of fused-ring (bicyclic) bond motifs is 1. The fourth-order valence-corrected chi connectivity index (χ4v) is 3.48. The van der Waals surface area contributed by atoms with Crippen molar-refractivity contribution in [3.8, 4) is 5.75 Å². The number of benzene rings is 1. The Balaban J connectivity index is 1.88. The van der Waals surface area contributed by atoms with Crippen LogP contribution in [0.4, 0.5) is 5.69 Å². The number of nitrogens with zero attached hydrogens (tertiary/aromatic N) is 1. The highest BCUT2D eigenvalue weighted by Gasteiger charge is 2.45. The van der Waals surface area contributed by atoms with Crippen molar-refractivity contribution in [1.29, 1.82) is 0 Å². The molecule has 0 radical (unpaired) electrons. The van der Waals surface area contributed by atoms with Crippen LogP contribution in [0, 0.1) is 5.92 Å². The van der Waals surface area contributed by atoms with E-state index in [1.54, 1.807) is 18.2 Å². The molecule has 2 N–H and O–H groups in total. The molecule has 1 saturated heterocycles. The Labute approximate surface area is 136 Å². The van der Waals surface area contributed by atoms with Crippen molar-refractivity contribution in [1.82, 2.24) is 4.90 Å². The Morgan fingerprint density at radius 3 is 3.00 bits per heavy atom. The van der Waals surface area contributed by atoms with Crippen LogP contribution in [0.15, 0.2) is 18.2 Å². The summed E-state index contributed by atoms with van der Waals surface area (Å²) in [6.45, 7) is 8.40. The zero-order chi connectivity index (χ0) is 16.6. The van der Waals surface area contributed by atoms with Crippen LogP contribution in [-0.4, -0.2) is 47.6 Å². The average molecular weight is 320 g/mol. The minimum atomic E-state index is -0.956. The number of morpholine rings is 1. The van der Waals surface area contributed by atoms with Gasteiger partial charge in [-0.25, -0.2) is 9.69 Å². The van der Waals surface area contributed by atoms with Gasteiger partial charge in [-0.2, -0.15) is 0 Å². The molecule has 0 spiro atoms. The number of para-hydroxylation sites is 1. The first kappa shape index (κ1) is 16.1. The average Bonchev–Trinajstić information content (AvgIpc) is 2.84. The molecule has 1 unspecified atom stereocenters. The predicted molar refractivity (Wildman–Crippen MR) is 86.8 cm³/mol. The molecule has 2 aliphatic heterocycles. The van der Waals surface area contributed by atoms with Crippen LogP contribution < -0.4 is 10.1 Å². The van der Waals surface area contributed by atoms with E-state index in [0.29, 0.717) is 30.6 Å². The van der Waals surface area contributed by atoms with E-state index in [-0.39, 0.29) is 11.6 Å². The molecule has 1 fully saturated rings. The molecule has 2 atom stereocenters. The van der Waals surface area contributed by atoms with Crippen LogP contribution in [0.3, 0.4) is 0 Å². The molecule has 0 bridgehead atoms. The van der Waals surface area contributed by atoms with E-state index in [4.69, 9.17) is 9.47 Å². The van der Waals surface area contributed by atoms with Gasteiger partial charge in [-0.1, -0.05) is 19.9 Å². The Morgan fingerprint density at radius 1 is 1.52 bits per heavy atom. The maximum absolute atomic E-state index is 11.4. The van der Waals surface area contributed by atoms with E-state index in [1.165, 1.54) is 0 Å². The lowest BCUT2D eigenvalue weighted by molar-refractivity contribution is -0.123. The standard InChI is InChI=1S/C17H24N2O4/c1-11(2)9-12-10-22-8-7-19(12)17(3)18-15-13(16(20)21)5-4-6-14(15)23-17/h4-6,11-12,18H,7-10H2,1-3H3,(H,20,21)/t12?,17-/m0/s1. The highest BCUT2D eigenvalue weighted by molar-refractivity contribution is 5.96. The van der Waals surface area contributed by atoms with Gasteiger partial charge in [-0.3, -0.25) is 0 Å². The first-order chi connectivity index (χ1) is 10.9. The van der Waals surface area contributed by atoms with E-state index in [0.717, 1.165) is 13.0 Å². The lowest BCUT2D eigenvalue weighted by atomic mass is 10.0. The van der Waals surface area contributed by atoms with Gasteiger partial charge in [0.05, 0.1) is 24.5 Å². The summed E-state index contributed by atoms with van der Waals surface area (Å²) in [5, 5.41) is 12.7. The van der Waals surface area contributed by atoms with Crippen molar-refractivity contribution < 1.29 is 19.4 Å². The van der Waals surface area contributed by atoms with Crippen LogP contribution in [0.25, 0.3) is 0 Å². The van der Waals surface area contributed by atoms with Gasteiger partial charge in [-0.15, -0.1) is 0 Å². The second-order valence-electron chi connectivity index (χ2n) is 6.75. The van der Waals surface area contributed by atoms with E-state index in [2.05, 4.69) is 24.1 Å². The van der Waals surface area contributed by atoms with Crippen molar-refractivity contribution in [2.75, 3.05) is 25.1 Å². The van der Waals surface area contributed by atoms with Crippen molar-refractivity contribution in [2.24, 2.45) is 5.92 Å². The molecule has 6 nitrogen and oxygen atoms in total. The van der Waals surface area contributed by atoms with Crippen molar-refractivity contribution in [3.63, 3.8) is 0 Å². The number of hydrogen-bond acceptors (Lipinski definition) is 5. The molecule has 0 saturated carbocycles. The van der Waals surface area contributed by atoms with E-state index in [9.17, 15) is 9.90 Å². The van der Waals surface area contributed by atoms with Gasteiger partial charge in [0.1, 0.15) is 5.75 Å². The number of aromatic carboxylic acids is 1. The minimum Gasteiger partial charge on any atom is -0.478 e. The topological polar surface area (TPSA) is 71.0 Å². The van der Waals surface area contributed by atoms with Crippen LogP contribution in [0.5, 0.6) is 5.75 Å². The second kappa shape index (κ2) is 6.02. The molecule has 6 heteroatoms. The molecule has 0 aromatic heterocycles. The number of nitrogens with one attached hydrogen (secondary N) is 1. The smallest absolute Gasteiger partial charge is 0.337 e. The fourth-order valence-electron chi connectivity index (χ4n) is 3.48. The second-order valence-corrected chi connectivity index (χ2v) is 6.75. The molecular weight excluding hydrogens is 296 g/mol. The molecule has 2 heterocycles. The summed E-state index contributed by atoms with van der Waals surface area (Å²) >= 11 is 0. The van der Waals surface area contributed by atoms with Crippen LogP contribution in [-0.2, 0) is 4.74 Å². The van der Waals surface area contributed by atoms with Gasteiger partial charge in [0.25, 0.3) is 0 Å². The van der Waals surface area contributed by atoms with Gasteiger partial charge in [-0.05, 0) is 24.5 Å². The largest absolute Gasteiger partial charge is 0.478 e. The van der Waals surface area contributed by atoms with Crippen LogP contribution in [0.1, 0.15) is 37.6 Å². The molecule has 0 aliphatic carbocycles. The molecule has 3 rings (SSSR count). The van der Waals surface area contributed by atoms with Crippen molar-refractivity contribution in [3.05, 3.63) is 23.8 Å². The van der Waals surface area contributed by atoms with Crippen LogP contribution >= 0.6 is 0 Å². The van der Waals surface area contributed by atoms with E-state index < -0.39 is 11.8 Å².